The molecule has 4 aromatic rings. The maximum absolute atomic E-state index is 13.2. The van der Waals surface area contributed by atoms with Gasteiger partial charge in [-0.05, 0) is 82.7 Å². The van der Waals surface area contributed by atoms with E-state index in [1.54, 1.807) is 42.5 Å². The summed E-state index contributed by atoms with van der Waals surface area (Å²) < 4.78 is 11.5. The highest BCUT2D eigenvalue weighted by molar-refractivity contribution is 9.10. The van der Waals surface area contributed by atoms with Crippen LogP contribution in [0.2, 0.25) is 0 Å². The quantitative estimate of drug-likeness (QED) is 0.165. The van der Waals surface area contributed by atoms with Crippen LogP contribution >= 0.6 is 15.9 Å². The Balaban J connectivity index is 1.56. The number of aliphatic hydroxyl groups excluding tert-OH is 1. The first-order valence-electron chi connectivity index (χ1n) is 11.1. The van der Waals surface area contributed by atoms with Crippen molar-refractivity contribution in [2.24, 2.45) is 0 Å². The number of ketones is 1. The number of aliphatic hydroxyl groups is 1. The van der Waals surface area contributed by atoms with Crippen molar-refractivity contribution in [1.29, 1.82) is 0 Å². The molecule has 1 unspecified atom stereocenters. The van der Waals surface area contributed by atoms with Crippen LogP contribution in [-0.2, 0) is 9.59 Å². The molecular weight excluding hydrogens is 524 g/mol. The van der Waals surface area contributed by atoms with Crippen LogP contribution in [0.25, 0.3) is 5.76 Å². The van der Waals surface area contributed by atoms with Crippen molar-refractivity contribution in [2.75, 3.05) is 17.3 Å². The number of nitrogens with one attached hydrogen (secondary N) is 1. The first-order chi connectivity index (χ1) is 17.5. The molecule has 8 heteroatoms. The molecule has 7 nitrogen and oxygen atoms in total. The number of halogens is 1. The first-order valence-corrected chi connectivity index (χ1v) is 11.9. The molecule has 1 aromatic heterocycles. The minimum atomic E-state index is -0.936. The van der Waals surface area contributed by atoms with Gasteiger partial charge in [-0.2, -0.15) is 0 Å². The molecule has 1 fully saturated rings. The first kappa shape index (κ1) is 23.4. The second-order valence-corrected chi connectivity index (χ2v) is 8.93. The molecule has 36 heavy (non-hydrogen) atoms. The predicted molar refractivity (Wildman–Crippen MR) is 140 cm³/mol. The van der Waals surface area contributed by atoms with E-state index >= 15 is 0 Å². The smallest absolute Gasteiger partial charge is 0.300 e. The number of carbonyl (C=O) groups is 2. The van der Waals surface area contributed by atoms with Gasteiger partial charge < -0.3 is 19.6 Å². The molecule has 0 radical (unpaired) electrons. The van der Waals surface area contributed by atoms with Gasteiger partial charge in [0.1, 0.15) is 23.3 Å². The summed E-state index contributed by atoms with van der Waals surface area (Å²) in [5.74, 6) is -0.932. The van der Waals surface area contributed by atoms with Crippen molar-refractivity contribution in [3.8, 4) is 5.75 Å². The second kappa shape index (κ2) is 9.75. The van der Waals surface area contributed by atoms with Crippen molar-refractivity contribution >= 4 is 50.4 Å². The molecule has 1 aliphatic rings. The molecule has 0 bridgehead atoms. The summed E-state index contributed by atoms with van der Waals surface area (Å²) in [6.07, 6.45) is 1.46. The molecule has 180 valence electrons. The summed E-state index contributed by atoms with van der Waals surface area (Å²) in [7, 11) is 1.53. The normalized spacial score (nSPS) is 16.8. The zero-order valence-electron chi connectivity index (χ0n) is 19.1. The van der Waals surface area contributed by atoms with Gasteiger partial charge in [-0.25, -0.2) is 0 Å². The zero-order valence-corrected chi connectivity index (χ0v) is 20.7. The number of methoxy groups -OCH3 is 1. The van der Waals surface area contributed by atoms with E-state index in [1.807, 2.05) is 42.5 Å². The van der Waals surface area contributed by atoms with Gasteiger partial charge in [-0.15, -0.1) is 0 Å². The molecule has 1 aliphatic heterocycles. The van der Waals surface area contributed by atoms with E-state index in [0.29, 0.717) is 27.2 Å². The molecule has 1 amide bonds. The Morgan fingerprint density at radius 3 is 2.33 bits per heavy atom. The summed E-state index contributed by atoms with van der Waals surface area (Å²) in [6, 6.07) is 24.1. The number of ether oxygens (including phenoxy) is 1. The van der Waals surface area contributed by atoms with Gasteiger partial charge in [0.15, 0.2) is 0 Å². The summed E-state index contributed by atoms with van der Waals surface area (Å²) in [5, 5.41) is 14.5. The van der Waals surface area contributed by atoms with Gasteiger partial charge in [0.2, 0.25) is 0 Å². The number of benzene rings is 3. The minimum Gasteiger partial charge on any atom is -0.507 e. The lowest BCUT2D eigenvalue weighted by molar-refractivity contribution is -0.132. The van der Waals surface area contributed by atoms with Crippen LogP contribution in [-0.4, -0.2) is 23.9 Å². The average molecular weight is 545 g/mol. The fourth-order valence-corrected chi connectivity index (χ4v) is 4.72. The molecular formula is C28H21BrN2O5. The SMILES string of the molecule is COc1ccc(/C(O)=C2/C(=O)C(=O)N(c3ccc(Nc4ccccc4)cc3)C2c2ccco2)cc1Br. The third-order valence-electron chi connectivity index (χ3n) is 5.89. The van der Waals surface area contributed by atoms with E-state index in [-0.39, 0.29) is 11.3 Å². The molecule has 0 spiro atoms. The summed E-state index contributed by atoms with van der Waals surface area (Å²) in [6.45, 7) is 0. The van der Waals surface area contributed by atoms with Crippen LogP contribution in [0.15, 0.2) is 106 Å². The zero-order chi connectivity index (χ0) is 25.2. The fourth-order valence-electron chi connectivity index (χ4n) is 4.18. The maximum atomic E-state index is 13.2. The average Bonchev–Trinajstić information content (AvgIpc) is 3.52. The number of para-hydroxylation sites is 1. The third-order valence-corrected chi connectivity index (χ3v) is 6.51. The van der Waals surface area contributed by atoms with Gasteiger partial charge in [0.05, 0.1) is 23.4 Å². The van der Waals surface area contributed by atoms with Gasteiger partial charge in [-0.3, -0.25) is 14.5 Å². The van der Waals surface area contributed by atoms with Crippen LogP contribution < -0.4 is 15.0 Å². The standard InChI is InChI=1S/C28H21BrN2O5/c1-35-22-14-9-17(16-21(22)29)26(32)24-25(23-8-5-15-36-23)31(28(34)27(24)33)20-12-10-19(11-13-20)30-18-6-3-2-4-7-18/h2-16,25,30,32H,1H3/b26-24-. The number of rotatable bonds is 6. The number of amides is 1. The van der Waals surface area contributed by atoms with E-state index in [4.69, 9.17) is 9.15 Å². The highest BCUT2D eigenvalue weighted by Crippen LogP contribution is 2.43. The predicted octanol–water partition coefficient (Wildman–Crippen LogP) is 6.42. The number of nitrogens with zero attached hydrogens (tertiary/aromatic N) is 1. The lowest BCUT2D eigenvalue weighted by atomic mass is 9.99. The Morgan fingerprint density at radius 1 is 0.972 bits per heavy atom. The number of hydrogen-bond donors (Lipinski definition) is 2. The molecule has 1 atom stereocenters. The fraction of sp³-hybridized carbons (Fsp3) is 0.0714. The van der Waals surface area contributed by atoms with Crippen molar-refractivity contribution in [3.63, 3.8) is 0 Å². The maximum Gasteiger partial charge on any atom is 0.300 e. The molecule has 3 aromatic carbocycles. The Kier molecular flexibility index (Phi) is 6.35. The molecule has 5 rings (SSSR count). The molecule has 0 saturated carbocycles. The van der Waals surface area contributed by atoms with Crippen molar-refractivity contribution in [2.45, 2.75) is 6.04 Å². The highest BCUT2D eigenvalue weighted by Gasteiger charge is 2.48. The van der Waals surface area contributed by atoms with Crippen LogP contribution in [0.3, 0.4) is 0 Å². The molecule has 2 N–H and O–H groups in total. The number of Topliss-reactive ketones (excluding diaryl/α,β-unsaturated/α-hetero) is 1. The van der Waals surface area contributed by atoms with E-state index in [2.05, 4.69) is 21.2 Å². The molecule has 2 heterocycles. The Hall–Kier alpha value is -4.30. The monoisotopic (exact) mass is 544 g/mol. The topological polar surface area (TPSA) is 92.0 Å². The second-order valence-electron chi connectivity index (χ2n) is 8.07. The lowest BCUT2D eigenvalue weighted by Gasteiger charge is -2.23. The van der Waals surface area contributed by atoms with Crippen LogP contribution in [0.1, 0.15) is 17.4 Å². The van der Waals surface area contributed by atoms with Crippen molar-refractivity contribution in [3.05, 3.63) is 113 Å². The molecule has 0 aliphatic carbocycles. The van der Waals surface area contributed by atoms with E-state index in [1.165, 1.54) is 18.3 Å². The minimum absolute atomic E-state index is 0.0569. The van der Waals surface area contributed by atoms with Gasteiger partial charge in [0, 0.05) is 22.6 Å². The lowest BCUT2D eigenvalue weighted by Crippen LogP contribution is -2.29. The van der Waals surface area contributed by atoms with Crippen LogP contribution in [0.5, 0.6) is 5.75 Å². The summed E-state index contributed by atoms with van der Waals surface area (Å²) >= 11 is 3.40. The third kappa shape index (κ3) is 4.27. The summed E-state index contributed by atoms with van der Waals surface area (Å²) in [5.41, 5.74) is 2.54. The van der Waals surface area contributed by atoms with Crippen LogP contribution in [0.4, 0.5) is 17.1 Å². The molecule has 1 saturated heterocycles. The van der Waals surface area contributed by atoms with Gasteiger partial charge in [-0.1, -0.05) is 18.2 Å². The van der Waals surface area contributed by atoms with Gasteiger partial charge in [0.25, 0.3) is 11.7 Å². The number of carbonyl (C=O) groups excluding carboxylic acids is 2. The van der Waals surface area contributed by atoms with E-state index in [9.17, 15) is 14.7 Å². The van der Waals surface area contributed by atoms with E-state index < -0.39 is 17.7 Å². The number of furan rings is 1. The number of hydrogen-bond acceptors (Lipinski definition) is 6. The summed E-state index contributed by atoms with van der Waals surface area (Å²) in [4.78, 5) is 27.8. The van der Waals surface area contributed by atoms with Crippen molar-refractivity contribution < 1.29 is 23.8 Å². The largest absolute Gasteiger partial charge is 0.507 e. The van der Waals surface area contributed by atoms with Gasteiger partial charge >= 0.3 is 0 Å². The highest BCUT2D eigenvalue weighted by atomic mass is 79.9. The van der Waals surface area contributed by atoms with E-state index in [0.717, 1.165) is 11.4 Å². The van der Waals surface area contributed by atoms with Crippen molar-refractivity contribution in [1.82, 2.24) is 0 Å². The Bertz CT molecular complexity index is 1450. The number of anilines is 3. The van der Waals surface area contributed by atoms with Crippen LogP contribution in [0, 0.1) is 0 Å². The Morgan fingerprint density at radius 2 is 1.69 bits per heavy atom. The Labute approximate surface area is 215 Å².